The quantitative estimate of drug-likeness (QED) is 0.452. The van der Waals surface area contributed by atoms with E-state index < -0.39 is 0 Å². The van der Waals surface area contributed by atoms with Crippen LogP contribution in [0.25, 0.3) is 10.9 Å². The molecule has 1 aliphatic rings. The zero-order chi connectivity index (χ0) is 21.1. The molecule has 154 valence electrons. The van der Waals surface area contributed by atoms with Gasteiger partial charge in [0.05, 0.1) is 30.1 Å². The van der Waals surface area contributed by atoms with Gasteiger partial charge in [-0.3, -0.25) is 9.48 Å². The molecule has 0 N–H and O–H groups in total. The molecule has 0 saturated heterocycles. The summed E-state index contributed by atoms with van der Waals surface area (Å²) in [7, 11) is 0. The zero-order valence-corrected chi connectivity index (χ0v) is 18.3. The Labute approximate surface area is 183 Å². The van der Waals surface area contributed by atoms with Crippen LogP contribution in [-0.4, -0.2) is 22.4 Å². The van der Waals surface area contributed by atoms with Crippen molar-refractivity contribution in [1.82, 2.24) is 9.78 Å². The number of hydrogen-bond acceptors (Lipinski definition) is 5. The van der Waals surface area contributed by atoms with Crippen molar-refractivity contribution in [3.63, 3.8) is 0 Å². The van der Waals surface area contributed by atoms with Crippen LogP contribution in [0, 0.1) is 11.3 Å². The Balaban J connectivity index is 1.65. The van der Waals surface area contributed by atoms with Crippen LogP contribution >= 0.6 is 15.9 Å². The van der Waals surface area contributed by atoms with Crippen LogP contribution in [0.3, 0.4) is 0 Å². The van der Waals surface area contributed by atoms with Crippen molar-refractivity contribution in [1.29, 1.82) is 5.26 Å². The normalized spacial score (nSPS) is 13.6. The Kier molecular flexibility index (Phi) is 6.05. The van der Waals surface area contributed by atoms with Crippen molar-refractivity contribution < 1.29 is 14.3 Å². The highest BCUT2D eigenvalue weighted by atomic mass is 79.9. The molecular formula is C23H22BrN3O3. The number of halogens is 1. The van der Waals surface area contributed by atoms with E-state index in [1.54, 1.807) is 25.1 Å². The summed E-state index contributed by atoms with van der Waals surface area (Å²) in [5.41, 5.74) is 2.92. The van der Waals surface area contributed by atoms with Crippen LogP contribution in [0.1, 0.15) is 49.0 Å². The number of rotatable bonds is 7. The Hall–Kier alpha value is -2.85. The number of benzene rings is 2. The van der Waals surface area contributed by atoms with Crippen molar-refractivity contribution in [3.05, 3.63) is 57.7 Å². The van der Waals surface area contributed by atoms with Crippen molar-refractivity contribution >= 4 is 32.8 Å². The summed E-state index contributed by atoms with van der Waals surface area (Å²) in [6, 6.07) is 13.9. The second-order valence-electron chi connectivity index (χ2n) is 7.31. The SMILES string of the molecule is CCOC(=O)Cc1cccc(C#N)c1OCc1nn(C2CCC2)c2ccc(Br)cc12. The molecule has 6 nitrogen and oxygen atoms in total. The first-order chi connectivity index (χ1) is 14.6. The molecule has 1 saturated carbocycles. The first kappa shape index (κ1) is 20.4. The predicted molar refractivity (Wildman–Crippen MR) is 116 cm³/mol. The van der Waals surface area contributed by atoms with Crippen LogP contribution in [0.15, 0.2) is 40.9 Å². The van der Waals surface area contributed by atoms with Crippen molar-refractivity contribution in [3.8, 4) is 11.8 Å². The summed E-state index contributed by atoms with van der Waals surface area (Å²) in [4.78, 5) is 12.0. The number of hydrogen-bond donors (Lipinski definition) is 0. The summed E-state index contributed by atoms with van der Waals surface area (Å²) < 4.78 is 14.2. The molecule has 1 heterocycles. The van der Waals surface area contributed by atoms with Crippen LogP contribution in [0.5, 0.6) is 5.75 Å². The Bertz CT molecular complexity index is 1130. The van der Waals surface area contributed by atoms with E-state index in [4.69, 9.17) is 14.6 Å². The maximum absolute atomic E-state index is 12.0. The van der Waals surface area contributed by atoms with E-state index in [0.29, 0.717) is 29.5 Å². The molecule has 0 atom stereocenters. The summed E-state index contributed by atoms with van der Waals surface area (Å²) in [5.74, 6) is 0.0653. The first-order valence-corrected chi connectivity index (χ1v) is 10.9. The fourth-order valence-corrected chi connectivity index (χ4v) is 4.04. The second-order valence-corrected chi connectivity index (χ2v) is 8.23. The summed E-state index contributed by atoms with van der Waals surface area (Å²) in [5, 5.41) is 15.4. The summed E-state index contributed by atoms with van der Waals surface area (Å²) in [6.45, 7) is 2.29. The number of carbonyl (C=O) groups excluding carboxylic acids is 1. The smallest absolute Gasteiger partial charge is 0.310 e. The van der Waals surface area contributed by atoms with Gasteiger partial charge in [0.1, 0.15) is 24.1 Å². The number of nitrogens with zero attached hydrogens (tertiary/aromatic N) is 3. The number of aromatic nitrogens is 2. The van der Waals surface area contributed by atoms with Gasteiger partial charge in [0.25, 0.3) is 0 Å². The van der Waals surface area contributed by atoms with Gasteiger partial charge in [0.15, 0.2) is 0 Å². The first-order valence-electron chi connectivity index (χ1n) is 10.1. The maximum atomic E-state index is 12.0. The molecule has 0 bridgehead atoms. The Morgan fingerprint density at radius 1 is 1.33 bits per heavy atom. The van der Waals surface area contributed by atoms with E-state index >= 15 is 0 Å². The summed E-state index contributed by atoms with van der Waals surface area (Å²) in [6.07, 6.45) is 3.55. The van der Waals surface area contributed by atoms with Crippen LogP contribution in [0.4, 0.5) is 0 Å². The molecule has 4 rings (SSSR count). The molecule has 0 amide bonds. The average molecular weight is 468 g/mol. The number of carbonyl (C=O) groups is 1. The minimum Gasteiger partial charge on any atom is -0.486 e. The fourth-order valence-electron chi connectivity index (χ4n) is 3.68. The largest absolute Gasteiger partial charge is 0.486 e. The van der Waals surface area contributed by atoms with Gasteiger partial charge in [-0.05, 0) is 50.5 Å². The van der Waals surface area contributed by atoms with E-state index in [1.165, 1.54) is 6.42 Å². The molecule has 3 aromatic rings. The van der Waals surface area contributed by atoms with Gasteiger partial charge in [-0.25, -0.2) is 0 Å². The second kappa shape index (κ2) is 8.88. The van der Waals surface area contributed by atoms with E-state index in [-0.39, 0.29) is 19.0 Å². The third-order valence-corrected chi connectivity index (χ3v) is 5.87. The van der Waals surface area contributed by atoms with E-state index in [0.717, 1.165) is 33.9 Å². The third-order valence-electron chi connectivity index (χ3n) is 5.38. The maximum Gasteiger partial charge on any atom is 0.310 e. The number of nitriles is 1. The van der Waals surface area contributed by atoms with Gasteiger partial charge in [0, 0.05) is 15.4 Å². The monoisotopic (exact) mass is 467 g/mol. The molecule has 0 aliphatic heterocycles. The molecule has 0 radical (unpaired) electrons. The lowest BCUT2D eigenvalue weighted by Gasteiger charge is -2.26. The predicted octanol–water partition coefficient (Wildman–Crippen LogP) is 5.08. The van der Waals surface area contributed by atoms with Crippen molar-refractivity contribution in [2.75, 3.05) is 6.61 Å². The van der Waals surface area contributed by atoms with E-state index in [2.05, 4.69) is 32.7 Å². The molecular weight excluding hydrogens is 446 g/mol. The molecule has 1 aromatic heterocycles. The average Bonchev–Trinajstić information content (AvgIpc) is 3.03. The van der Waals surface area contributed by atoms with Crippen LogP contribution in [0.2, 0.25) is 0 Å². The molecule has 2 aromatic carbocycles. The highest BCUT2D eigenvalue weighted by Gasteiger charge is 2.24. The standard InChI is InChI=1S/C23H22BrN3O3/c1-2-29-22(28)11-15-5-3-6-16(13-25)23(15)30-14-20-19-12-17(24)9-10-21(19)27(26-20)18-7-4-8-18/h3,5-6,9-10,12,18H,2,4,7-8,11,14H2,1H3. The Morgan fingerprint density at radius 3 is 2.87 bits per heavy atom. The lowest BCUT2D eigenvalue weighted by atomic mass is 9.93. The van der Waals surface area contributed by atoms with Gasteiger partial charge >= 0.3 is 5.97 Å². The lowest BCUT2D eigenvalue weighted by molar-refractivity contribution is -0.142. The zero-order valence-electron chi connectivity index (χ0n) is 16.7. The number of ether oxygens (including phenoxy) is 2. The van der Waals surface area contributed by atoms with Gasteiger partial charge in [0.2, 0.25) is 0 Å². The fraction of sp³-hybridized carbons (Fsp3) is 0.348. The van der Waals surface area contributed by atoms with Crippen LogP contribution in [-0.2, 0) is 22.6 Å². The van der Waals surface area contributed by atoms with Crippen molar-refractivity contribution in [2.45, 2.75) is 45.3 Å². The molecule has 30 heavy (non-hydrogen) atoms. The number of fused-ring (bicyclic) bond motifs is 1. The van der Waals surface area contributed by atoms with E-state index in [9.17, 15) is 10.1 Å². The number of esters is 1. The number of para-hydroxylation sites is 1. The van der Waals surface area contributed by atoms with Gasteiger partial charge in [-0.2, -0.15) is 10.4 Å². The van der Waals surface area contributed by atoms with E-state index in [1.807, 2.05) is 12.1 Å². The lowest BCUT2D eigenvalue weighted by Crippen LogP contribution is -2.18. The molecule has 0 unspecified atom stereocenters. The van der Waals surface area contributed by atoms with Crippen LogP contribution < -0.4 is 4.74 Å². The third kappa shape index (κ3) is 4.05. The molecule has 1 fully saturated rings. The highest BCUT2D eigenvalue weighted by molar-refractivity contribution is 9.10. The van der Waals surface area contributed by atoms with Crippen molar-refractivity contribution in [2.24, 2.45) is 0 Å². The minimum atomic E-state index is -0.346. The van der Waals surface area contributed by atoms with Gasteiger partial charge in [-0.1, -0.05) is 28.1 Å². The Morgan fingerprint density at radius 2 is 2.17 bits per heavy atom. The van der Waals surface area contributed by atoms with Gasteiger partial charge in [-0.15, -0.1) is 0 Å². The highest BCUT2D eigenvalue weighted by Crippen LogP contribution is 2.36. The molecule has 7 heteroatoms. The topological polar surface area (TPSA) is 77.1 Å². The van der Waals surface area contributed by atoms with Gasteiger partial charge < -0.3 is 9.47 Å². The molecule has 1 aliphatic carbocycles. The minimum absolute atomic E-state index is 0.0570. The molecule has 0 spiro atoms. The summed E-state index contributed by atoms with van der Waals surface area (Å²) >= 11 is 3.54.